The Kier molecular flexibility index (Phi) is 6.86. The Balaban J connectivity index is 1.83. The van der Waals surface area contributed by atoms with Crippen LogP contribution in [0.5, 0.6) is 5.75 Å². The largest absolute Gasteiger partial charge is 0.481 e. The number of hydrogen-bond acceptors (Lipinski definition) is 5. The number of primary amides is 1. The molecule has 1 aromatic heterocycles. The van der Waals surface area contributed by atoms with Crippen molar-refractivity contribution in [3.05, 3.63) is 59.3 Å². The van der Waals surface area contributed by atoms with Crippen molar-refractivity contribution in [2.24, 2.45) is 5.73 Å². The van der Waals surface area contributed by atoms with E-state index in [1.54, 1.807) is 6.07 Å². The first-order valence-electron chi connectivity index (χ1n) is 11.4. The Morgan fingerprint density at radius 2 is 1.88 bits per heavy atom. The number of nitrogens with zero attached hydrogens (tertiary/aromatic N) is 1. The van der Waals surface area contributed by atoms with Crippen LogP contribution >= 0.6 is 0 Å². The van der Waals surface area contributed by atoms with Gasteiger partial charge in [-0.3, -0.25) is 9.59 Å². The second kappa shape index (κ2) is 9.99. The summed E-state index contributed by atoms with van der Waals surface area (Å²) in [7, 11) is 1.31. The molecule has 34 heavy (non-hydrogen) atoms. The van der Waals surface area contributed by atoms with Gasteiger partial charge in [-0.2, -0.15) is 0 Å². The Morgan fingerprint density at radius 3 is 2.56 bits per heavy atom. The molecule has 4 rings (SSSR count). The molecule has 0 bridgehead atoms. The minimum atomic E-state index is -0.478. The first kappa shape index (κ1) is 23.4. The molecule has 0 saturated heterocycles. The second-order valence-electron chi connectivity index (χ2n) is 8.54. The summed E-state index contributed by atoms with van der Waals surface area (Å²) in [6.07, 6.45) is 3.35. The van der Waals surface area contributed by atoms with Crippen LogP contribution in [0.2, 0.25) is 0 Å². The number of hydrogen-bond donors (Lipinski definition) is 2. The molecule has 8 nitrogen and oxygen atoms in total. The van der Waals surface area contributed by atoms with Crippen molar-refractivity contribution in [1.82, 2.24) is 4.57 Å². The summed E-state index contributed by atoms with van der Waals surface area (Å²) in [5.74, 6) is -0.845. The summed E-state index contributed by atoms with van der Waals surface area (Å²) in [6, 6.07) is 13.4. The highest BCUT2D eigenvalue weighted by molar-refractivity contribution is 5.97. The van der Waals surface area contributed by atoms with Crippen molar-refractivity contribution in [2.75, 3.05) is 19.0 Å². The molecule has 0 radical (unpaired) electrons. The minimum absolute atomic E-state index is 0.119. The number of ether oxygens (including phenoxy) is 2. The number of carbonyl (C=O) groups is 3. The van der Waals surface area contributed by atoms with Crippen LogP contribution in [0.3, 0.4) is 0 Å². The van der Waals surface area contributed by atoms with Crippen molar-refractivity contribution in [3.8, 4) is 5.75 Å². The molecule has 3 N–H and O–H groups in total. The number of fused-ring (bicyclic) bond motifs is 3. The Bertz CT molecular complexity index is 1230. The molecule has 0 aliphatic heterocycles. The Labute approximate surface area is 198 Å². The van der Waals surface area contributed by atoms with Gasteiger partial charge >= 0.3 is 5.97 Å². The van der Waals surface area contributed by atoms with Gasteiger partial charge < -0.3 is 25.1 Å². The van der Waals surface area contributed by atoms with E-state index in [-0.39, 0.29) is 18.4 Å². The quantitative estimate of drug-likeness (QED) is 0.411. The molecule has 0 saturated carbocycles. The van der Waals surface area contributed by atoms with Crippen LogP contribution in [-0.2, 0) is 32.1 Å². The van der Waals surface area contributed by atoms with E-state index in [4.69, 9.17) is 15.2 Å². The van der Waals surface area contributed by atoms with Gasteiger partial charge in [-0.15, -0.1) is 0 Å². The van der Waals surface area contributed by atoms with E-state index in [9.17, 15) is 14.4 Å². The first-order chi connectivity index (χ1) is 16.4. The standard InChI is InChI=1S/C26H29N3O5/c1-16(30)28-18-12-10-17(11-13-18)14-29-20-7-4-3-6-19(26(27)32)24(20)25-21(29)8-5-9-22(25)34-15-23(31)33-2/h5,8-13,19H,3-4,6-7,14-15H2,1-2H3,(H2,27,32)(H,28,30). The minimum Gasteiger partial charge on any atom is -0.481 e. The van der Waals surface area contributed by atoms with E-state index in [1.807, 2.05) is 36.4 Å². The maximum atomic E-state index is 12.5. The van der Waals surface area contributed by atoms with Gasteiger partial charge in [0, 0.05) is 30.2 Å². The van der Waals surface area contributed by atoms with Gasteiger partial charge in [-0.05, 0) is 54.7 Å². The van der Waals surface area contributed by atoms with E-state index in [1.165, 1.54) is 14.0 Å². The van der Waals surface area contributed by atoms with Crippen LogP contribution < -0.4 is 15.8 Å². The summed E-state index contributed by atoms with van der Waals surface area (Å²) in [5.41, 5.74) is 10.5. The van der Waals surface area contributed by atoms with Gasteiger partial charge in [0.05, 0.1) is 18.5 Å². The van der Waals surface area contributed by atoms with Crippen LogP contribution in [0, 0.1) is 0 Å². The molecule has 0 spiro atoms. The van der Waals surface area contributed by atoms with Crippen LogP contribution in [0.25, 0.3) is 10.9 Å². The molecular weight excluding hydrogens is 434 g/mol. The SMILES string of the molecule is COC(=O)COc1cccc2c1c1c(n2Cc2ccc(NC(C)=O)cc2)CCCCC1C(N)=O. The number of methoxy groups -OCH3 is 1. The average molecular weight is 464 g/mol. The van der Waals surface area contributed by atoms with Crippen LogP contribution in [-0.4, -0.2) is 36.1 Å². The first-order valence-corrected chi connectivity index (χ1v) is 11.4. The number of rotatable bonds is 7. The number of anilines is 1. The zero-order chi connectivity index (χ0) is 24.2. The zero-order valence-corrected chi connectivity index (χ0v) is 19.4. The van der Waals surface area contributed by atoms with Gasteiger partial charge in [0.1, 0.15) is 5.75 Å². The van der Waals surface area contributed by atoms with E-state index in [0.717, 1.165) is 52.7 Å². The third-order valence-corrected chi connectivity index (χ3v) is 6.24. The second-order valence-corrected chi connectivity index (χ2v) is 8.54. The van der Waals surface area contributed by atoms with E-state index in [2.05, 4.69) is 9.88 Å². The lowest BCUT2D eigenvalue weighted by molar-refractivity contribution is -0.142. The fourth-order valence-electron chi connectivity index (χ4n) is 4.74. The monoisotopic (exact) mass is 463 g/mol. The lowest BCUT2D eigenvalue weighted by atomic mass is 9.92. The average Bonchev–Trinajstić information content (AvgIpc) is 2.96. The zero-order valence-electron chi connectivity index (χ0n) is 19.4. The number of nitrogens with two attached hydrogens (primary N) is 1. The molecule has 8 heteroatoms. The third-order valence-electron chi connectivity index (χ3n) is 6.24. The highest BCUT2D eigenvalue weighted by atomic mass is 16.6. The number of carbonyl (C=O) groups excluding carboxylic acids is 3. The van der Waals surface area contributed by atoms with Gasteiger partial charge in [0.15, 0.2) is 6.61 Å². The highest BCUT2D eigenvalue weighted by Gasteiger charge is 2.31. The van der Waals surface area contributed by atoms with Crippen molar-refractivity contribution in [3.63, 3.8) is 0 Å². The normalized spacial score (nSPS) is 15.3. The van der Waals surface area contributed by atoms with Gasteiger partial charge in [0.25, 0.3) is 0 Å². The smallest absolute Gasteiger partial charge is 0.343 e. The van der Waals surface area contributed by atoms with Crippen molar-refractivity contribution >= 4 is 34.4 Å². The van der Waals surface area contributed by atoms with Crippen molar-refractivity contribution in [1.29, 1.82) is 0 Å². The molecule has 1 aliphatic rings. The number of nitrogens with one attached hydrogen (secondary N) is 1. The molecule has 1 heterocycles. The summed E-state index contributed by atoms with van der Waals surface area (Å²) >= 11 is 0. The Morgan fingerprint density at radius 1 is 1.12 bits per heavy atom. The molecule has 0 fully saturated rings. The molecule has 178 valence electrons. The molecule has 2 aromatic carbocycles. The van der Waals surface area contributed by atoms with Gasteiger partial charge in [-0.1, -0.05) is 24.6 Å². The molecule has 1 unspecified atom stereocenters. The fourth-order valence-corrected chi connectivity index (χ4v) is 4.74. The summed E-state index contributed by atoms with van der Waals surface area (Å²) in [5, 5.41) is 3.60. The number of aromatic nitrogens is 1. The van der Waals surface area contributed by atoms with Gasteiger partial charge in [0.2, 0.25) is 11.8 Å². The number of benzene rings is 2. The van der Waals surface area contributed by atoms with Crippen molar-refractivity contribution < 1.29 is 23.9 Å². The fraction of sp³-hybridized carbons (Fsp3) is 0.346. The van der Waals surface area contributed by atoms with Crippen LogP contribution in [0.4, 0.5) is 5.69 Å². The summed E-state index contributed by atoms with van der Waals surface area (Å²) in [6.45, 7) is 1.84. The maximum absolute atomic E-state index is 12.5. The summed E-state index contributed by atoms with van der Waals surface area (Å²) in [4.78, 5) is 35.6. The lowest BCUT2D eigenvalue weighted by Gasteiger charge is -2.14. The third kappa shape index (κ3) is 4.76. The Hall–Kier alpha value is -3.81. The number of amides is 2. The van der Waals surface area contributed by atoms with E-state index < -0.39 is 11.9 Å². The maximum Gasteiger partial charge on any atom is 0.343 e. The highest BCUT2D eigenvalue weighted by Crippen LogP contribution is 2.42. The lowest BCUT2D eigenvalue weighted by Crippen LogP contribution is -2.21. The molecular formula is C26H29N3O5. The predicted octanol–water partition coefficient (Wildman–Crippen LogP) is 3.50. The van der Waals surface area contributed by atoms with Crippen molar-refractivity contribution in [2.45, 2.75) is 45.1 Å². The molecule has 1 aliphatic carbocycles. The van der Waals surface area contributed by atoms with Gasteiger partial charge in [-0.25, -0.2) is 4.79 Å². The topological polar surface area (TPSA) is 113 Å². The van der Waals surface area contributed by atoms with Crippen LogP contribution in [0.1, 0.15) is 48.9 Å². The van der Waals surface area contributed by atoms with E-state index >= 15 is 0 Å². The van der Waals surface area contributed by atoms with Crippen LogP contribution in [0.15, 0.2) is 42.5 Å². The predicted molar refractivity (Wildman–Crippen MR) is 129 cm³/mol. The molecule has 3 aromatic rings. The van der Waals surface area contributed by atoms with E-state index in [0.29, 0.717) is 18.7 Å². The molecule has 1 atom stereocenters. The molecule has 2 amide bonds. The number of esters is 1. The summed E-state index contributed by atoms with van der Waals surface area (Å²) < 4.78 is 12.8.